The van der Waals surface area contributed by atoms with Gasteiger partial charge in [-0.05, 0) is 22.4 Å². The lowest BCUT2D eigenvalue weighted by Crippen LogP contribution is -2.03. The van der Waals surface area contributed by atoms with E-state index in [1.807, 2.05) is 41.8 Å². The molecular formula is C25H16ClN3OS. The summed E-state index contributed by atoms with van der Waals surface area (Å²) >= 11 is 7.29. The number of thiazole rings is 1. The number of allylic oxidation sites excluding steroid dienone is 1. The van der Waals surface area contributed by atoms with Crippen LogP contribution in [-0.4, -0.2) is 15.5 Å². The first kappa shape index (κ1) is 20.6. The van der Waals surface area contributed by atoms with Gasteiger partial charge in [-0.25, -0.2) is 4.98 Å². The first-order valence-electron chi connectivity index (χ1n) is 9.51. The minimum absolute atomic E-state index is 0.0903. The number of aliphatic hydroxyl groups excluding tert-OH is 1. The number of benzene rings is 3. The van der Waals surface area contributed by atoms with Crippen LogP contribution in [0, 0.1) is 22.7 Å². The van der Waals surface area contributed by atoms with Crippen molar-refractivity contribution in [3.8, 4) is 23.4 Å². The Labute approximate surface area is 188 Å². The second kappa shape index (κ2) is 9.02. The summed E-state index contributed by atoms with van der Waals surface area (Å²) in [4.78, 5) is 4.61. The summed E-state index contributed by atoms with van der Waals surface area (Å²) < 4.78 is 0. The Morgan fingerprint density at radius 2 is 1.77 bits per heavy atom. The number of alkyl halides is 1. The molecule has 0 aliphatic heterocycles. The molecule has 1 N–H and O–H groups in total. The first-order chi connectivity index (χ1) is 15.1. The van der Waals surface area contributed by atoms with Crippen molar-refractivity contribution in [3.63, 3.8) is 0 Å². The number of fused-ring (bicyclic) bond motifs is 1. The molecule has 0 saturated carbocycles. The Balaban J connectivity index is 1.74. The molecule has 0 fully saturated rings. The van der Waals surface area contributed by atoms with Crippen molar-refractivity contribution in [2.45, 2.75) is 11.8 Å². The third-order valence-electron chi connectivity index (χ3n) is 4.92. The third kappa shape index (κ3) is 4.29. The highest BCUT2D eigenvalue weighted by molar-refractivity contribution is 7.11. The van der Waals surface area contributed by atoms with E-state index in [4.69, 9.17) is 16.9 Å². The average molecular weight is 442 g/mol. The van der Waals surface area contributed by atoms with Crippen LogP contribution < -0.4 is 0 Å². The molecule has 6 heteroatoms. The summed E-state index contributed by atoms with van der Waals surface area (Å²) in [5, 5.41) is 33.5. The maximum Gasteiger partial charge on any atom is 0.143 e. The Morgan fingerprint density at radius 1 is 1.03 bits per heavy atom. The van der Waals surface area contributed by atoms with Crippen molar-refractivity contribution in [1.82, 2.24) is 4.98 Å². The molecule has 0 bridgehead atoms. The van der Waals surface area contributed by atoms with Gasteiger partial charge in [0.2, 0.25) is 0 Å². The van der Waals surface area contributed by atoms with E-state index in [0.717, 1.165) is 22.0 Å². The highest BCUT2D eigenvalue weighted by Gasteiger charge is 2.18. The molecule has 150 valence electrons. The summed E-state index contributed by atoms with van der Waals surface area (Å²) in [6.45, 7) is 0. The van der Waals surface area contributed by atoms with Gasteiger partial charge in [-0.3, -0.25) is 0 Å². The maximum atomic E-state index is 10.9. The highest BCUT2D eigenvalue weighted by Crippen LogP contribution is 2.32. The molecule has 4 nitrogen and oxygen atoms in total. The lowest BCUT2D eigenvalue weighted by molar-refractivity contribution is 0.513. The number of hydrogen-bond donors (Lipinski definition) is 1. The smallest absolute Gasteiger partial charge is 0.143 e. The zero-order valence-corrected chi connectivity index (χ0v) is 17.9. The van der Waals surface area contributed by atoms with Gasteiger partial charge in [0, 0.05) is 22.9 Å². The number of hydrogen-bond acceptors (Lipinski definition) is 5. The van der Waals surface area contributed by atoms with Gasteiger partial charge in [0.25, 0.3) is 0 Å². The van der Waals surface area contributed by atoms with E-state index in [2.05, 4.69) is 23.2 Å². The van der Waals surface area contributed by atoms with Crippen LogP contribution in [0.1, 0.15) is 16.1 Å². The van der Waals surface area contributed by atoms with E-state index >= 15 is 0 Å². The average Bonchev–Trinajstić information content (AvgIpc) is 3.29. The van der Waals surface area contributed by atoms with E-state index in [9.17, 15) is 10.4 Å². The Hall–Kier alpha value is -3.64. The molecule has 31 heavy (non-hydrogen) atoms. The van der Waals surface area contributed by atoms with Crippen molar-refractivity contribution in [2.75, 3.05) is 0 Å². The molecule has 0 amide bonds. The second-order valence-electron chi connectivity index (χ2n) is 6.89. The normalized spacial score (nSPS) is 12.6. The van der Waals surface area contributed by atoms with Crippen molar-refractivity contribution in [3.05, 3.63) is 88.2 Å². The van der Waals surface area contributed by atoms with Gasteiger partial charge in [0.05, 0.1) is 11.8 Å². The number of aliphatic hydroxyl groups is 1. The summed E-state index contributed by atoms with van der Waals surface area (Å²) in [5.74, 6) is -0.167. The van der Waals surface area contributed by atoms with Gasteiger partial charge in [-0.2, -0.15) is 10.5 Å². The molecule has 0 spiro atoms. The summed E-state index contributed by atoms with van der Waals surface area (Å²) in [6.07, 6.45) is 0.261. The number of rotatable bonds is 5. The number of halogens is 1. The van der Waals surface area contributed by atoms with Gasteiger partial charge in [-0.15, -0.1) is 22.9 Å². The molecule has 0 aliphatic carbocycles. The second-order valence-corrected chi connectivity index (χ2v) is 8.28. The van der Waals surface area contributed by atoms with E-state index in [1.165, 1.54) is 11.3 Å². The van der Waals surface area contributed by atoms with Gasteiger partial charge >= 0.3 is 0 Å². The predicted molar refractivity (Wildman–Crippen MR) is 126 cm³/mol. The number of nitrogens with zero attached hydrogens (tertiary/aromatic N) is 3. The molecule has 1 heterocycles. The van der Waals surface area contributed by atoms with Crippen LogP contribution in [-0.2, 0) is 6.42 Å². The largest absolute Gasteiger partial charge is 0.506 e. The van der Waals surface area contributed by atoms with Crippen LogP contribution in [0.2, 0.25) is 0 Å². The Bertz CT molecular complexity index is 1380. The fourth-order valence-corrected chi connectivity index (χ4v) is 4.36. The molecule has 4 aromatic rings. The number of nitriles is 2. The highest BCUT2D eigenvalue weighted by atomic mass is 35.5. The minimum Gasteiger partial charge on any atom is -0.506 e. The van der Waals surface area contributed by atoms with E-state index in [-0.39, 0.29) is 17.8 Å². The van der Waals surface area contributed by atoms with Gasteiger partial charge in [0.1, 0.15) is 27.8 Å². The van der Waals surface area contributed by atoms with E-state index in [1.54, 1.807) is 24.3 Å². The Morgan fingerprint density at radius 3 is 2.55 bits per heavy atom. The third-order valence-corrected chi connectivity index (χ3v) is 6.04. The fourth-order valence-electron chi connectivity index (χ4n) is 3.37. The van der Waals surface area contributed by atoms with Crippen LogP contribution >= 0.6 is 22.9 Å². The standard InChI is InChI=1S/C25H16ClN3OS/c26-20(13-27)12-18-7-3-4-8-21(18)24(30)22(14-28)25-29-23(15-31-25)19-10-9-16-5-1-2-6-17(16)11-19/h1-11,15,20,30H,12H2. The van der Waals surface area contributed by atoms with Crippen molar-refractivity contribution >= 4 is 45.0 Å². The van der Waals surface area contributed by atoms with Crippen molar-refractivity contribution in [1.29, 1.82) is 10.5 Å². The van der Waals surface area contributed by atoms with Gasteiger partial charge in [0.15, 0.2) is 0 Å². The molecule has 0 saturated heterocycles. The first-order valence-corrected chi connectivity index (χ1v) is 10.8. The van der Waals surface area contributed by atoms with Crippen LogP contribution in [0.25, 0.3) is 33.4 Å². The molecule has 0 radical (unpaired) electrons. The zero-order chi connectivity index (χ0) is 21.8. The van der Waals surface area contributed by atoms with Crippen LogP contribution in [0.15, 0.2) is 72.1 Å². The molecule has 1 atom stereocenters. The van der Waals surface area contributed by atoms with E-state index in [0.29, 0.717) is 16.1 Å². The van der Waals surface area contributed by atoms with Gasteiger partial charge in [-0.1, -0.05) is 60.7 Å². The molecule has 4 rings (SSSR count). The fraction of sp³-hybridized carbons (Fsp3) is 0.0800. The summed E-state index contributed by atoms with van der Waals surface area (Å²) in [6, 6.07) is 25.3. The maximum absolute atomic E-state index is 10.9. The topological polar surface area (TPSA) is 80.7 Å². The minimum atomic E-state index is -0.723. The predicted octanol–water partition coefficient (Wildman–Crippen LogP) is 6.59. The summed E-state index contributed by atoms with van der Waals surface area (Å²) in [5.41, 5.74) is 2.94. The summed E-state index contributed by atoms with van der Waals surface area (Å²) in [7, 11) is 0. The van der Waals surface area contributed by atoms with E-state index < -0.39 is 5.38 Å². The monoisotopic (exact) mass is 441 g/mol. The molecule has 3 aromatic carbocycles. The van der Waals surface area contributed by atoms with Crippen LogP contribution in [0.5, 0.6) is 0 Å². The SMILES string of the molecule is N#CC(=C(O)c1ccccc1CC(Cl)C#N)c1nc(-c2ccc3ccccc3c2)cs1. The van der Waals surface area contributed by atoms with Crippen molar-refractivity contribution < 1.29 is 5.11 Å². The molecule has 1 unspecified atom stereocenters. The lowest BCUT2D eigenvalue weighted by atomic mass is 9.99. The lowest BCUT2D eigenvalue weighted by Gasteiger charge is -2.10. The zero-order valence-electron chi connectivity index (χ0n) is 16.3. The Kier molecular flexibility index (Phi) is 6.00. The molecule has 0 aliphatic rings. The van der Waals surface area contributed by atoms with Gasteiger partial charge < -0.3 is 5.11 Å². The molecular weight excluding hydrogens is 426 g/mol. The quantitative estimate of drug-likeness (QED) is 0.215. The van der Waals surface area contributed by atoms with Crippen molar-refractivity contribution in [2.24, 2.45) is 0 Å². The van der Waals surface area contributed by atoms with Crippen LogP contribution in [0.4, 0.5) is 0 Å². The number of aromatic nitrogens is 1. The van der Waals surface area contributed by atoms with Crippen LogP contribution in [0.3, 0.4) is 0 Å². The molecule has 1 aromatic heterocycles.